The third kappa shape index (κ3) is 4.19. The summed E-state index contributed by atoms with van der Waals surface area (Å²) in [6.45, 7) is 1.41. The maximum Gasteiger partial charge on any atom is 0.246 e. The van der Waals surface area contributed by atoms with Gasteiger partial charge in [0.15, 0.2) is 0 Å². The molecule has 1 amide bonds. The number of sulfonamides is 1. The fourth-order valence-electron chi connectivity index (χ4n) is 2.40. The number of piperidine rings is 1. The highest BCUT2D eigenvalue weighted by Gasteiger charge is 2.33. The highest BCUT2D eigenvalue weighted by Crippen LogP contribution is 2.23. The lowest BCUT2D eigenvalue weighted by Crippen LogP contribution is -2.46. The smallest absolute Gasteiger partial charge is 0.246 e. The van der Waals surface area contributed by atoms with Gasteiger partial charge in [0, 0.05) is 39.4 Å². The van der Waals surface area contributed by atoms with E-state index >= 15 is 0 Å². The quantitative estimate of drug-likeness (QED) is 0.730. The van der Waals surface area contributed by atoms with E-state index in [0.717, 1.165) is 0 Å². The normalized spacial score (nSPS) is 19.5. The lowest BCUT2D eigenvalue weighted by atomic mass is 9.99. The first-order valence-electron chi connectivity index (χ1n) is 6.91. The van der Waals surface area contributed by atoms with Gasteiger partial charge in [0.05, 0.1) is 12.1 Å². The number of aryl methyl sites for hydroxylation is 1. The van der Waals surface area contributed by atoms with E-state index in [9.17, 15) is 13.2 Å². The molecule has 0 saturated carbocycles. The molecular weight excluding hydrogens is 330 g/mol. The van der Waals surface area contributed by atoms with Gasteiger partial charge in [0.2, 0.25) is 15.9 Å². The summed E-state index contributed by atoms with van der Waals surface area (Å²) in [6, 6.07) is 0. The fourth-order valence-corrected chi connectivity index (χ4v) is 3.91. The number of carbonyl (C=O) groups excluding carboxylic acids is 1. The van der Waals surface area contributed by atoms with Gasteiger partial charge in [-0.15, -0.1) is 12.4 Å². The summed E-state index contributed by atoms with van der Waals surface area (Å²) < 4.78 is 27.8. The monoisotopic (exact) mass is 351 g/mol. The average Bonchev–Trinajstić information content (AvgIpc) is 2.92. The number of carbonyl (C=O) groups is 1. The Balaban J connectivity index is 0.00000242. The number of nitrogens with zero attached hydrogens (tertiary/aromatic N) is 3. The van der Waals surface area contributed by atoms with Gasteiger partial charge in [0.1, 0.15) is 4.90 Å². The predicted molar refractivity (Wildman–Crippen MR) is 84.0 cm³/mol. The molecule has 1 unspecified atom stereocenters. The zero-order chi connectivity index (χ0) is 15.5. The number of aromatic nitrogens is 2. The van der Waals surface area contributed by atoms with Crippen LogP contribution in [-0.4, -0.2) is 54.6 Å². The van der Waals surface area contributed by atoms with Crippen LogP contribution in [0.2, 0.25) is 0 Å². The summed E-state index contributed by atoms with van der Waals surface area (Å²) in [4.78, 5) is 12.1. The van der Waals surface area contributed by atoms with E-state index in [-0.39, 0.29) is 35.7 Å². The van der Waals surface area contributed by atoms with E-state index in [2.05, 4.69) is 10.4 Å². The highest BCUT2D eigenvalue weighted by molar-refractivity contribution is 7.89. The molecule has 1 fully saturated rings. The molecule has 1 atom stereocenters. The Kier molecular flexibility index (Phi) is 6.79. The van der Waals surface area contributed by atoms with E-state index in [1.807, 2.05) is 0 Å². The molecule has 2 rings (SSSR count). The van der Waals surface area contributed by atoms with Crippen LogP contribution in [0.5, 0.6) is 0 Å². The summed E-state index contributed by atoms with van der Waals surface area (Å²) in [6.07, 6.45) is 4.15. The number of amides is 1. The molecule has 0 spiro atoms. The summed E-state index contributed by atoms with van der Waals surface area (Å²) in [5, 5.41) is 6.61. The van der Waals surface area contributed by atoms with Gasteiger partial charge < -0.3 is 11.1 Å². The molecular formula is C12H22ClN5O3S. The van der Waals surface area contributed by atoms with E-state index in [1.165, 1.54) is 21.4 Å². The van der Waals surface area contributed by atoms with Crippen molar-refractivity contribution in [2.24, 2.45) is 18.7 Å². The van der Waals surface area contributed by atoms with Crippen molar-refractivity contribution in [3.63, 3.8) is 0 Å². The van der Waals surface area contributed by atoms with Crippen molar-refractivity contribution in [2.75, 3.05) is 26.2 Å². The molecule has 1 aliphatic rings. The zero-order valence-corrected chi connectivity index (χ0v) is 14.1. The number of hydrogen-bond donors (Lipinski definition) is 2. The molecule has 0 aromatic carbocycles. The Hall–Kier alpha value is -1.16. The van der Waals surface area contributed by atoms with Crippen molar-refractivity contribution in [3.8, 4) is 0 Å². The van der Waals surface area contributed by atoms with Crippen LogP contribution < -0.4 is 11.1 Å². The minimum absolute atomic E-state index is 0. The summed E-state index contributed by atoms with van der Waals surface area (Å²) in [5.41, 5.74) is 5.35. The van der Waals surface area contributed by atoms with Crippen LogP contribution in [-0.2, 0) is 21.9 Å². The van der Waals surface area contributed by atoms with Crippen LogP contribution in [0.1, 0.15) is 12.8 Å². The van der Waals surface area contributed by atoms with E-state index < -0.39 is 10.0 Å². The Morgan fingerprint density at radius 1 is 1.55 bits per heavy atom. The van der Waals surface area contributed by atoms with Crippen LogP contribution in [0.4, 0.5) is 0 Å². The molecule has 10 heteroatoms. The second-order valence-corrected chi connectivity index (χ2v) is 7.07. The lowest BCUT2D eigenvalue weighted by Gasteiger charge is -2.30. The molecule has 8 nitrogen and oxygen atoms in total. The zero-order valence-electron chi connectivity index (χ0n) is 12.4. The first-order valence-corrected chi connectivity index (χ1v) is 8.35. The molecule has 22 heavy (non-hydrogen) atoms. The van der Waals surface area contributed by atoms with Crippen LogP contribution >= 0.6 is 12.4 Å². The van der Waals surface area contributed by atoms with Crippen LogP contribution in [0.25, 0.3) is 0 Å². The third-order valence-electron chi connectivity index (χ3n) is 3.52. The van der Waals surface area contributed by atoms with Crippen LogP contribution in [0.3, 0.4) is 0 Å². The number of nitrogens with one attached hydrogen (secondary N) is 1. The molecule has 1 aliphatic heterocycles. The number of hydrogen-bond acceptors (Lipinski definition) is 5. The molecule has 1 aromatic heterocycles. The first kappa shape index (κ1) is 18.9. The molecule has 1 saturated heterocycles. The molecule has 1 aromatic rings. The molecule has 0 radical (unpaired) electrons. The first-order chi connectivity index (χ1) is 9.95. The van der Waals surface area contributed by atoms with E-state index in [1.54, 1.807) is 7.05 Å². The Labute approximate surface area is 136 Å². The molecule has 0 aliphatic carbocycles. The standard InChI is InChI=1S/C12H21N5O3S.ClH/c1-16-9-11(7-15-16)21(19,20)17-6-2-3-10(8-17)12(18)14-5-4-13;/h7,9-10H,2-6,8,13H2,1H3,(H,14,18);1H. The molecule has 0 bridgehead atoms. The van der Waals surface area contributed by atoms with Gasteiger partial charge in [-0.05, 0) is 12.8 Å². The fraction of sp³-hybridized carbons (Fsp3) is 0.667. The maximum atomic E-state index is 12.5. The van der Waals surface area contributed by atoms with Crippen LogP contribution in [0, 0.1) is 5.92 Å². The average molecular weight is 352 g/mol. The third-order valence-corrected chi connectivity index (χ3v) is 5.34. The highest BCUT2D eigenvalue weighted by atomic mass is 35.5. The van der Waals surface area contributed by atoms with Gasteiger partial charge >= 0.3 is 0 Å². The van der Waals surface area contributed by atoms with Gasteiger partial charge in [-0.25, -0.2) is 8.42 Å². The van der Waals surface area contributed by atoms with Crippen molar-refractivity contribution in [2.45, 2.75) is 17.7 Å². The van der Waals surface area contributed by atoms with Crippen molar-refractivity contribution in [1.82, 2.24) is 19.4 Å². The second-order valence-electron chi connectivity index (χ2n) is 5.13. The Bertz CT molecular complexity index is 604. The van der Waals surface area contributed by atoms with Gasteiger partial charge in [-0.1, -0.05) is 0 Å². The minimum atomic E-state index is -3.58. The molecule has 3 N–H and O–H groups in total. The lowest BCUT2D eigenvalue weighted by molar-refractivity contribution is -0.126. The number of halogens is 1. The van der Waals surface area contributed by atoms with E-state index in [4.69, 9.17) is 5.73 Å². The maximum absolute atomic E-state index is 12.5. The largest absolute Gasteiger partial charge is 0.355 e. The second kappa shape index (κ2) is 7.91. The van der Waals surface area contributed by atoms with Crippen molar-refractivity contribution in [1.29, 1.82) is 0 Å². The number of nitrogens with two attached hydrogens (primary N) is 1. The van der Waals surface area contributed by atoms with Crippen LogP contribution in [0.15, 0.2) is 17.3 Å². The summed E-state index contributed by atoms with van der Waals surface area (Å²) >= 11 is 0. The Morgan fingerprint density at radius 2 is 2.27 bits per heavy atom. The predicted octanol–water partition coefficient (Wildman–Crippen LogP) is -0.682. The number of rotatable bonds is 5. The van der Waals surface area contributed by atoms with Gasteiger partial charge in [-0.3, -0.25) is 9.48 Å². The SMILES string of the molecule is Cl.Cn1cc(S(=O)(=O)N2CCCC(C(=O)NCCN)C2)cn1. The van der Waals surface area contributed by atoms with Gasteiger partial charge in [0.25, 0.3) is 0 Å². The summed E-state index contributed by atoms with van der Waals surface area (Å²) in [5.74, 6) is -0.455. The summed E-state index contributed by atoms with van der Waals surface area (Å²) in [7, 11) is -1.92. The van der Waals surface area contributed by atoms with Crippen molar-refractivity contribution in [3.05, 3.63) is 12.4 Å². The van der Waals surface area contributed by atoms with E-state index in [0.29, 0.717) is 32.5 Å². The molecule has 2 heterocycles. The molecule has 126 valence electrons. The topological polar surface area (TPSA) is 110 Å². The minimum Gasteiger partial charge on any atom is -0.355 e. The van der Waals surface area contributed by atoms with Gasteiger partial charge in [-0.2, -0.15) is 9.40 Å². The Morgan fingerprint density at radius 3 is 2.86 bits per heavy atom. The van der Waals surface area contributed by atoms with Crippen molar-refractivity contribution >= 4 is 28.3 Å². The van der Waals surface area contributed by atoms with Crippen molar-refractivity contribution < 1.29 is 13.2 Å².